The van der Waals surface area contributed by atoms with Gasteiger partial charge in [-0.15, -0.1) is 0 Å². The quantitative estimate of drug-likeness (QED) is 0.904. The molecule has 0 unspecified atom stereocenters. The molecular formula is C17H24N2O2. The molecule has 21 heavy (non-hydrogen) atoms. The van der Waals surface area contributed by atoms with E-state index in [1.165, 1.54) is 0 Å². The third kappa shape index (κ3) is 2.97. The standard InChI is InChI=1S/C17H24N2O2/c1-13-10-19(16(20)17(2)8-9-18-12-17)11-15(21-13)14-6-4-3-5-7-14/h3-7,13,15,18H,8-12H2,1-2H3/t13-,15-,17+/m1/s1. The lowest BCUT2D eigenvalue weighted by molar-refractivity contribution is -0.153. The number of morpholine rings is 1. The van der Waals surface area contributed by atoms with Crippen LogP contribution >= 0.6 is 0 Å². The van der Waals surface area contributed by atoms with E-state index >= 15 is 0 Å². The summed E-state index contributed by atoms with van der Waals surface area (Å²) >= 11 is 0. The van der Waals surface area contributed by atoms with Crippen molar-refractivity contribution in [2.45, 2.75) is 32.5 Å². The molecule has 2 heterocycles. The Morgan fingerprint density at radius 3 is 2.76 bits per heavy atom. The van der Waals surface area contributed by atoms with Gasteiger partial charge in [-0.3, -0.25) is 4.79 Å². The number of amides is 1. The van der Waals surface area contributed by atoms with Crippen LogP contribution in [-0.4, -0.2) is 43.1 Å². The Kier molecular flexibility index (Phi) is 4.00. The highest BCUT2D eigenvalue weighted by atomic mass is 16.5. The fraction of sp³-hybridized carbons (Fsp3) is 0.588. The Morgan fingerprint density at radius 2 is 2.10 bits per heavy atom. The lowest BCUT2D eigenvalue weighted by Gasteiger charge is -2.40. The Bertz CT molecular complexity index is 497. The summed E-state index contributed by atoms with van der Waals surface area (Å²) in [5, 5.41) is 3.31. The lowest BCUT2D eigenvalue weighted by atomic mass is 9.87. The molecule has 0 bridgehead atoms. The monoisotopic (exact) mass is 288 g/mol. The highest BCUT2D eigenvalue weighted by Crippen LogP contribution is 2.31. The van der Waals surface area contributed by atoms with Crippen molar-refractivity contribution in [2.75, 3.05) is 26.2 Å². The van der Waals surface area contributed by atoms with E-state index < -0.39 is 0 Å². The number of nitrogens with zero attached hydrogens (tertiary/aromatic N) is 1. The minimum absolute atomic E-state index is 0.0168. The van der Waals surface area contributed by atoms with Gasteiger partial charge >= 0.3 is 0 Å². The summed E-state index contributed by atoms with van der Waals surface area (Å²) in [6.45, 7) is 7.19. The minimum Gasteiger partial charge on any atom is -0.367 e. The minimum atomic E-state index is -0.252. The number of rotatable bonds is 2. The second-order valence-corrected chi connectivity index (χ2v) is 6.54. The van der Waals surface area contributed by atoms with Gasteiger partial charge in [0.1, 0.15) is 6.10 Å². The van der Waals surface area contributed by atoms with Crippen LogP contribution < -0.4 is 5.32 Å². The van der Waals surface area contributed by atoms with Crippen molar-refractivity contribution < 1.29 is 9.53 Å². The van der Waals surface area contributed by atoms with Crippen LogP contribution in [0.1, 0.15) is 31.9 Å². The first-order chi connectivity index (χ1) is 10.1. The highest BCUT2D eigenvalue weighted by Gasteiger charge is 2.41. The second-order valence-electron chi connectivity index (χ2n) is 6.54. The van der Waals surface area contributed by atoms with Crippen molar-refractivity contribution in [2.24, 2.45) is 5.41 Å². The third-order valence-electron chi connectivity index (χ3n) is 4.60. The maximum atomic E-state index is 12.9. The van der Waals surface area contributed by atoms with E-state index in [9.17, 15) is 4.79 Å². The van der Waals surface area contributed by atoms with Crippen LogP contribution in [0, 0.1) is 5.41 Å². The largest absolute Gasteiger partial charge is 0.367 e. The van der Waals surface area contributed by atoms with Crippen LogP contribution in [-0.2, 0) is 9.53 Å². The van der Waals surface area contributed by atoms with Crippen LogP contribution in [0.25, 0.3) is 0 Å². The van der Waals surface area contributed by atoms with Gasteiger partial charge < -0.3 is 15.0 Å². The SMILES string of the molecule is C[C@@H]1CN(C(=O)[C@@]2(C)CCNC2)C[C@H](c2ccccc2)O1. The Labute approximate surface area is 126 Å². The van der Waals surface area contributed by atoms with Crippen molar-refractivity contribution in [1.82, 2.24) is 10.2 Å². The van der Waals surface area contributed by atoms with Gasteiger partial charge in [0.15, 0.2) is 0 Å². The first-order valence-corrected chi connectivity index (χ1v) is 7.79. The lowest BCUT2D eigenvalue weighted by Crippen LogP contribution is -2.51. The zero-order valence-corrected chi connectivity index (χ0v) is 12.8. The third-order valence-corrected chi connectivity index (χ3v) is 4.60. The average molecular weight is 288 g/mol. The molecule has 1 aromatic carbocycles. The molecule has 0 aromatic heterocycles. The molecule has 0 spiro atoms. The number of nitrogens with one attached hydrogen (secondary N) is 1. The normalized spacial score (nSPS) is 33.1. The molecule has 2 aliphatic heterocycles. The number of benzene rings is 1. The van der Waals surface area contributed by atoms with Crippen LogP contribution in [0.4, 0.5) is 0 Å². The first-order valence-electron chi connectivity index (χ1n) is 7.79. The van der Waals surface area contributed by atoms with Gasteiger partial charge in [-0.1, -0.05) is 30.3 Å². The van der Waals surface area contributed by atoms with Crippen LogP contribution in [0.5, 0.6) is 0 Å². The van der Waals surface area contributed by atoms with Crippen molar-refractivity contribution in [3.05, 3.63) is 35.9 Å². The predicted octanol–water partition coefficient (Wildman–Crippen LogP) is 1.97. The van der Waals surface area contributed by atoms with Gasteiger partial charge in [-0.25, -0.2) is 0 Å². The van der Waals surface area contributed by atoms with Crippen LogP contribution in [0.3, 0.4) is 0 Å². The van der Waals surface area contributed by atoms with E-state index in [2.05, 4.69) is 24.4 Å². The number of hydrogen-bond donors (Lipinski definition) is 1. The molecule has 2 aliphatic rings. The van der Waals surface area contributed by atoms with Gasteiger partial charge in [-0.2, -0.15) is 0 Å². The molecule has 1 N–H and O–H groups in total. The summed E-state index contributed by atoms with van der Waals surface area (Å²) < 4.78 is 6.04. The zero-order chi connectivity index (χ0) is 14.9. The van der Waals surface area contributed by atoms with Crippen LogP contribution in [0.2, 0.25) is 0 Å². The van der Waals surface area contributed by atoms with Crippen molar-refractivity contribution in [3.63, 3.8) is 0 Å². The second kappa shape index (κ2) is 5.78. The maximum absolute atomic E-state index is 12.9. The van der Waals surface area contributed by atoms with E-state index in [0.29, 0.717) is 13.1 Å². The van der Waals surface area contributed by atoms with Crippen molar-refractivity contribution in [3.8, 4) is 0 Å². The molecular weight excluding hydrogens is 264 g/mol. The highest BCUT2D eigenvalue weighted by molar-refractivity contribution is 5.83. The van der Waals surface area contributed by atoms with E-state index in [1.54, 1.807) is 0 Å². The molecule has 0 aliphatic carbocycles. The molecule has 1 aromatic rings. The first kappa shape index (κ1) is 14.5. The van der Waals surface area contributed by atoms with Gasteiger partial charge in [-0.05, 0) is 32.4 Å². The fourth-order valence-electron chi connectivity index (χ4n) is 3.35. The summed E-state index contributed by atoms with van der Waals surface area (Å²) in [6.07, 6.45) is 0.982. The van der Waals surface area contributed by atoms with Gasteiger partial charge in [0.2, 0.25) is 5.91 Å². The van der Waals surface area contributed by atoms with E-state index in [0.717, 1.165) is 25.1 Å². The molecule has 3 rings (SSSR count). The van der Waals surface area contributed by atoms with Gasteiger partial charge in [0, 0.05) is 13.1 Å². The summed E-state index contributed by atoms with van der Waals surface area (Å²) in [6, 6.07) is 10.2. The average Bonchev–Trinajstić information content (AvgIpc) is 2.95. The topological polar surface area (TPSA) is 41.6 Å². The number of hydrogen-bond acceptors (Lipinski definition) is 3. The molecule has 2 fully saturated rings. The van der Waals surface area contributed by atoms with Crippen LogP contribution in [0.15, 0.2) is 30.3 Å². The molecule has 1 amide bonds. The molecule has 3 atom stereocenters. The molecule has 0 saturated carbocycles. The molecule has 114 valence electrons. The Morgan fingerprint density at radius 1 is 1.33 bits per heavy atom. The van der Waals surface area contributed by atoms with Crippen molar-refractivity contribution >= 4 is 5.91 Å². The summed E-state index contributed by atoms with van der Waals surface area (Å²) in [5.41, 5.74) is 0.898. The fourth-order valence-corrected chi connectivity index (χ4v) is 3.35. The molecule has 4 nitrogen and oxygen atoms in total. The molecule has 0 radical (unpaired) electrons. The predicted molar refractivity (Wildman–Crippen MR) is 81.9 cm³/mol. The van der Waals surface area contributed by atoms with E-state index in [1.807, 2.05) is 30.0 Å². The Hall–Kier alpha value is -1.39. The van der Waals surface area contributed by atoms with E-state index in [-0.39, 0.29) is 23.5 Å². The van der Waals surface area contributed by atoms with Gasteiger partial charge in [0.25, 0.3) is 0 Å². The number of carbonyl (C=O) groups is 1. The number of ether oxygens (including phenoxy) is 1. The van der Waals surface area contributed by atoms with Gasteiger partial charge in [0.05, 0.1) is 18.1 Å². The Balaban J connectivity index is 1.75. The summed E-state index contributed by atoms with van der Waals surface area (Å²) in [5.74, 6) is 0.267. The zero-order valence-electron chi connectivity index (χ0n) is 12.8. The number of carbonyl (C=O) groups excluding carboxylic acids is 1. The summed E-state index contributed by atoms with van der Waals surface area (Å²) in [7, 11) is 0. The smallest absolute Gasteiger partial charge is 0.230 e. The van der Waals surface area contributed by atoms with E-state index in [4.69, 9.17) is 4.74 Å². The maximum Gasteiger partial charge on any atom is 0.230 e. The summed E-state index contributed by atoms with van der Waals surface area (Å²) in [4.78, 5) is 14.9. The van der Waals surface area contributed by atoms with Crippen molar-refractivity contribution in [1.29, 1.82) is 0 Å². The molecule has 2 saturated heterocycles. The molecule has 4 heteroatoms.